The number of aromatic nitrogens is 4. The van der Waals surface area contributed by atoms with E-state index < -0.39 is 17.9 Å². The standard InChI is InChI=1S/C42H50N6O6/c1-6-7-8-9-21-53-34-12-10-11-30(23-34)38-47-41(54-48-38)32-25-44-37(45-26-32)31-14-13-29(27(2)22-31)24-35(40(52)43-20-19-36(49)50)46-39(51)28-15-17-33(18-16-28)42(3,4)5/h10-18,23,25-27,35H,6-9,19-22,24H2,1-5H3,(H,43,52)(H,46,51)(H,49,50)/t27?,35-/m0/s1. The average Bonchev–Trinajstić information content (AvgIpc) is 3.65. The number of benzene rings is 2. The number of nitrogens with zero attached hydrogens (tertiary/aromatic N) is 4. The number of nitrogens with one attached hydrogen (secondary N) is 2. The molecule has 284 valence electrons. The second-order valence-electron chi connectivity index (χ2n) is 14.7. The fraction of sp³-hybridized carbons (Fsp3) is 0.405. The molecule has 54 heavy (non-hydrogen) atoms. The largest absolute Gasteiger partial charge is 0.494 e. The maximum Gasteiger partial charge on any atom is 0.305 e. The molecule has 3 N–H and O–H groups in total. The molecule has 0 bridgehead atoms. The summed E-state index contributed by atoms with van der Waals surface area (Å²) < 4.78 is 11.5. The van der Waals surface area contributed by atoms with Crippen LogP contribution in [0.2, 0.25) is 0 Å². The molecule has 0 saturated heterocycles. The summed E-state index contributed by atoms with van der Waals surface area (Å²) in [5.74, 6) is 0.224. The Morgan fingerprint density at radius 3 is 2.43 bits per heavy atom. The second kappa shape index (κ2) is 18.4. The van der Waals surface area contributed by atoms with Gasteiger partial charge in [-0.05, 0) is 66.0 Å². The number of amides is 2. The van der Waals surface area contributed by atoms with Crippen LogP contribution in [0.25, 0.3) is 28.4 Å². The van der Waals surface area contributed by atoms with E-state index in [0.29, 0.717) is 41.7 Å². The van der Waals surface area contributed by atoms with Crippen molar-refractivity contribution in [1.29, 1.82) is 0 Å². The Labute approximate surface area is 316 Å². The Morgan fingerprint density at radius 1 is 0.981 bits per heavy atom. The average molecular weight is 735 g/mol. The first-order chi connectivity index (χ1) is 25.9. The summed E-state index contributed by atoms with van der Waals surface area (Å²) in [4.78, 5) is 51.4. The smallest absolute Gasteiger partial charge is 0.305 e. The van der Waals surface area contributed by atoms with E-state index in [-0.39, 0.29) is 36.6 Å². The van der Waals surface area contributed by atoms with Crippen LogP contribution in [0.15, 0.2) is 83.2 Å². The van der Waals surface area contributed by atoms with E-state index in [1.165, 1.54) is 12.8 Å². The van der Waals surface area contributed by atoms with E-state index in [9.17, 15) is 14.4 Å². The van der Waals surface area contributed by atoms with Gasteiger partial charge in [-0.1, -0.05) is 101 Å². The fourth-order valence-electron chi connectivity index (χ4n) is 6.07. The highest BCUT2D eigenvalue weighted by Crippen LogP contribution is 2.33. The van der Waals surface area contributed by atoms with Crippen LogP contribution in [0.3, 0.4) is 0 Å². The van der Waals surface area contributed by atoms with Crippen molar-refractivity contribution in [2.24, 2.45) is 5.92 Å². The van der Waals surface area contributed by atoms with Gasteiger partial charge in [0.15, 0.2) is 5.82 Å². The third-order valence-corrected chi connectivity index (χ3v) is 9.34. The van der Waals surface area contributed by atoms with Crippen LogP contribution >= 0.6 is 0 Å². The summed E-state index contributed by atoms with van der Waals surface area (Å²) >= 11 is 0. The molecule has 2 amide bonds. The number of carbonyl (C=O) groups is 3. The van der Waals surface area contributed by atoms with E-state index in [2.05, 4.69) is 58.4 Å². The number of unbranched alkanes of at least 4 members (excludes halogenated alkanes) is 3. The van der Waals surface area contributed by atoms with Gasteiger partial charge in [0.2, 0.25) is 11.7 Å². The first-order valence-corrected chi connectivity index (χ1v) is 18.6. The molecule has 0 fully saturated rings. The first-order valence-electron chi connectivity index (χ1n) is 18.6. The predicted octanol–water partition coefficient (Wildman–Crippen LogP) is 7.58. The van der Waals surface area contributed by atoms with Crippen LogP contribution in [-0.4, -0.2) is 62.2 Å². The Hall–Kier alpha value is -5.65. The molecule has 0 spiro atoms. The van der Waals surface area contributed by atoms with Crippen molar-refractivity contribution in [2.75, 3.05) is 13.2 Å². The van der Waals surface area contributed by atoms with E-state index in [1.807, 2.05) is 55.5 Å². The topological polar surface area (TPSA) is 169 Å². The van der Waals surface area contributed by atoms with Crippen molar-refractivity contribution in [3.8, 4) is 28.6 Å². The van der Waals surface area contributed by atoms with E-state index in [0.717, 1.165) is 40.9 Å². The SMILES string of the molecule is CCCCCCOc1cccc(-c2noc(-c3cnc(C4=CC=C(C[C@H](NC(=O)c5ccc(C(C)(C)C)cc5)C(=O)NCCC(=O)O)C(C)C4)nc3)n2)c1. The number of carboxylic acid groups (broad SMARTS) is 1. The Kier molecular flexibility index (Phi) is 13.5. The van der Waals surface area contributed by atoms with E-state index >= 15 is 0 Å². The van der Waals surface area contributed by atoms with Gasteiger partial charge in [-0.3, -0.25) is 14.4 Å². The van der Waals surface area contributed by atoms with Crippen molar-refractivity contribution >= 4 is 23.4 Å². The molecular weight excluding hydrogens is 684 g/mol. The van der Waals surface area contributed by atoms with E-state index in [4.69, 9.17) is 14.4 Å². The lowest BCUT2D eigenvalue weighted by Crippen LogP contribution is -2.47. The molecule has 2 atom stereocenters. The summed E-state index contributed by atoms with van der Waals surface area (Å²) in [7, 11) is 0. The summed E-state index contributed by atoms with van der Waals surface area (Å²) in [6.45, 7) is 11.1. The molecule has 2 aromatic heterocycles. The maximum atomic E-state index is 13.3. The normalized spacial score (nSPS) is 14.8. The zero-order valence-electron chi connectivity index (χ0n) is 31.7. The minimum atomic E-state index is -1.02. The number of carbonyl (C=O) groups excluding carboxylic acids is 2. The van der Waals surface area contributed by atoms with Gasteiger partial charge in [0.1, 0.15) is 11.8 Å². The highest BCUT2D eigenvalue weighted by Gasteiger charge is 2.27. The van der Waals surface area contributed by atoms with Crippen molar-refractivity contribution in [1.82, 2.24) is 30.7 Å². The molecule has 1 aliphatic carbocycles. The molecule has 12 heteroatoms. The fourth-order valence-corrected chi connectivity index (χ4v) is 6.07. The Bertz CT molecular complexity index is 1960. The molecule has 1 aliphatic rings. The second-order valence-corrected chi connectivity index (χ2v) is 14.7. The van der Waals surface area contributed by atoms with Crippen molar-refractivity contribution < 1.29 is 28.8 Å². The van der Waals surface area contributed by atoms with Crippen LogP contribution < -0.4 is 15.4 Å². The molecule has 2 aromatic carbocycles. The minimum absolute atomic E-state index is 0.0140. The van der Waals surface area contributed by atoms with Gasteiger partial charge < -0.3 is 25.0 Å². The van der Waals surface area contributed by atoms with Crippen LogP contribution in [0.4, 0.5) is 0 Å². The van der Waals surface area contributed by atoms with Crippen molar-refractivity contribution in [3.05, 3.63) is 95.6 Å². The molecule has 4 aromatic rings. The maximum absolute atomic E-state index is 13.3. The molecule has 0 aliphatic heterocycles. The number of hydrogen-bond acceptors (Lipinski definition) is 9. The summed E-state index contributed by atoms with van der Waals surface area (Å²) in [5.41, 5.74) is 4.70. The third-order valence-electron chi connectivity index (χ3n) is 9.34. The van der Waals surface area contributed by atoms with Gasteiger partial charge in [-0.15, -0.1) is 0 Å². The third kappa shape index (κ3) is 10.9. The lowest BCUT2D eigenvalue weighted by molar-refractivity contribution is -0.137. The number of carboxylic acids is 1. The molecule has 2 heterocycles. The van der Waals surface area contributed by atoms with E-state index in [1.54, 1.807) is 24.5 Å². The van der Waals surface area contributed by atoms with Gasteiger partial charge in [-0.25, -0.2) is 9.97 Å². The van der Waals surface area contributed by atoms with Crippen molar-refractivity contribution in [3.63, 3.8) is 0 Å². The number of allylic oxidation sites excluding steroid dienone is 3. The van der Waals surface area contributed by atoms with Crippen LogP contribution in [-0.2, 0) is 15.0 Å². The Balaban J connectivity index is 1.25. The predicted molar refractivity (Wildman–Crippen MR) is 207 cm³/mol. The van der Waals surface area contributed by atoms with Gasteiger partial charge in [0.25, 0.3) is 11.8 Å². The van der Waals surface area contributed by atoms with Gasteiger partial charge in [0, 0.05) is 30.1 Å². The molecule has 0 saturated carbocycles. The number of aliphatic carboxylic acids is 1. The molecule has 0 radical (unpaired) electrons. The minimum Gasteiger partial charge on any atom is -0.494 e. The number of ether oxygens (including phenoxy) is 1. The van der Waals surface area contributed by atoms with Gasteiger partial charge in [0.05, 0.1) is 18.6 Å². The zero-order valence-corrected chi connectivity index (χ0v) is 31.7. The highest BCUT2D eigenvalue weighted by molar-refractivity contribution is 5.97. The number of rotatable bonds is 17. The number of hydrogen-bond donors (Lipinski definition) is 3. The lowest BCUT2D eigenvalue weighted by atomic mass is 9.84. The van der Waals surface area contributed by atoms with Crippen LogP contribution in [0, 0.1) is 5.92 Å². The summed E-state index contributed by atoms with van der Waals surface area (Å²) in [6.07, 6.45) is 12.4. The highest BCUT2D eigenvalue weighted by atomic mass is 16.5. The molecule has 5 rings (SSSR count). The Morgan fingerprint density at radius 2 is 1.74 bits per heavy atom. The van der Waals surface area contributed by atoms with Crippen LogP contribution in [0.5, 0.6) is 5.75 Å². The summed E-state index contributed by atoms with van der Waals surface area (Å²) in [5, 5.41) is 18.8. The van der Waals surface area contributed by atoms with Gasteiger partial charge >= 0.3 is 5.97 Å². The monoisotopic (exact) mass is 734 g/mol. The van der Waals surface area contributed by atoms with Crippen molar-refractivity contribution in [2.45, 2.75) is 91.0 Å². The molecule has 1 unspecified atom stereocenters. The lowest BCUT2D eigenvalue weighted by Gasteiger charge is -2.26. The van der Waals surface area contributed by atoms with Crippen LogP contribution in [0.1, 0.15) is 101 Å². The molecule has 12 nitrogen and oxygen atoms in total. The molecular formula is C42H50N6O6. The zero-order chi connectivity index (χ0) is 38.7. The first kappa shape index (κ1) is 39.6. The quantitative estimate of drug-likeness (QED) is 0.0920. The van der Waals surface area contributed by atoms with Gasteiger partial charge in [-0.2, -0.15) is 4.98 Å². The summed E-state index contributed by atoms with van der Waals surface area (Å²) in [6, 6.07) is 14.1.